The molecule has 0 spiro atoms. The van der Waals surface area contributed by atoms with E-state index in [0.717, 1.165) is 0 Å². The van der Waals surface area contributed by atoms with Crippen molar-refractivity contribution in [3.8, 4) is 0 Å². The first-order valence-corrected chi connectivity index (χ1v) is 8.20. The van der Waals surface area contributed by atoms with Crippen LogP contribution in [0, 0.1) is 0 Å². The van der Waals surface area contributed by atoms with E-state index in [4.69, 9.17) is 4.52 Å². The second-order valence-electron chi connectivity index (χ2n) is 6.66. The zero-order valence-electron chi connectivity index (χ0n) is 12.1. The molecule has 3 nitrogen and oxygen atoms in total. The van der Waals surface area contributed by atoms with Gasteiger partial charge in [0.1, 0.15) is 0 Å². The molecule has 1 aromatic rings. The van der Waals surface area contributed by atoms with E-state index < -0.39 is 18.0 Å². The van der Waals surface area contributed by atoms with Crippen molar-refractivity contribution in [2.75, 3.05) is 0 Å². The van der Waals surface area contributed by atoms with E-state index in [9.17, 15) is 9.79 Å². The maximum absolute atomic E-state index is 11.1. The molecule has 0 fully saturated rings. The van der Waals surface area contributed by atoms with E-state index in [1.807, 2.05) is 26.8 Å². The Morgan fingerprint density at radius 2 is 1.33 bits per heavy atom. The van der Waals surface area contributed by atoms with Crippen LogP contribution >= 0.6 is 7.28 Å². The summed E-state index contributed by atoms with van der Waals surface area (Å²) in [4.78, 5) is 22.2. The molecule has 2 N–H and O–H groups in total. The van der Waals surface area contributed by atoms with E-state index in [0.29, 0.717) is 5.30 Å². The van der Waals surface area contributed by atoms with Crippen LogP contribution in [0.15, 0.2) is 30.3 Å². The van der Waals surface area contributed by atoms with Crippen molar-refractivity contribution < 1.29 is 14.3 Å². The number of hydrogen-bond donors (Lipinski definition) is 2. The fourth-order valence-electron chi connectivity index (χ4n) is 1.79. The van der Waals surface area contributed by atoms with Crippen LogP contribution in [0.3, 0.4) is 0 Å². The summed E-state index contributed by atoms with van der Waals surface area (Å²) in [6, 6.07) is 8.87. The first-order valence-electron chi connectivity index (χ1n) is 6.14. The molecule has 4 heteroatoms. The first kappa shape index (κ1) is 15.6. The van der Waals surface area contributed by atoms with Crippen LogP contribution in [-0.2, 0) is 4.52 Å². The van der Waals surface area contributed by atoms with Gasteiger partial charge in [-0.25, -0.2) is 0 Å². The second kappa shape index (κ2) is 4.28. The van der Waals surface area contributed by atoms with Gasteiger partial charge in [0.2, 0.25) is 0 Å². The molecule has 0 aliphatic rings. The first-order chi connectivity index (χ1) is 7.86. The van der Waals surface area contributed by atoms with E-state index in [-0.39, 0.29) is 0 Å². The number of rotatable bonds is 2. The van der Waals surface area contributed by atoms with Crippen LogP contribution in [0.5, 0.6) is 0 Å². The normalized spacial score (nSPS) is 16.1. The summed E-state index contributed by atoms with van der Waals surface area (Å²) in [7, 11) is -4.45. The molecule has 0 aliphatic heterocycles. The van der Waals surface area contributed by atoms with Crippen molar-refractivity contribution in [1.82, 2.24) is 0 Å². The Kier molecular flexibility index (Phi) is 3.70. The third-order valence-corrected chi connectivity index (χ3v) is 7.42. The molecule has 0 bridgehead atoms. The van der Waals surface area contributed by atoms with Gasteiger partial charge in [-0.05, 0) is 0 Å². The van der Waals surface area contributed by atoms with Crippen LogP contribution in [-0.4, -0.2) is 20.5 Å². The van der Waals surface area contributed by atoms with Crippen molar-refractivity contribution in [3.05, 3.63) is 30.3 Å². The molecule has 1 aromatic carbocycles. The summed E-state index contributed by atoms with van der Waals surface area (Å²) in [5, 5.41) is -0.314. The molecular weight excluding hydrogens is 247 g/mol. The molecule has 0 aromatic heterocycles. The SMILES string of the molecule is CC(C)(C)OP(O)(O)(c1ccccc1)C(C)(C)C. The van der Waals surface area contributed by atoms with Crippen molar-refractivity contribution in [2.24, 2.45) is 0 Å². The van der Waals surface area contributed by atoms with Gasteiger partial charge in [0.15, 0.2) is 0 Å². The Balaban J connectivity index is 3.46. The molecule has 18 heavy (non-hydrogen) atoms. The third kappa shape index (κ3) is 2.75. The van der Waals surface area contributed by atoms with Crippen LogP contribution in [0.1, 0.15) is 41.5 Å². The van der Waals surface area contributed by atoms with Crippen LogP contribution in [0.25, 0.3) is 0 Å². The minimum atomic E-state index is -4.45. The zero-order valence-corrected chi connectivity index (χ0v) is 13.0. The van der Waals surface area contributed by atoms with Crippen LogP contribution < -0.4 is 5.30 Å². The molecule has 0 saturated heterocycles. The fraction of sp³-hybridized carbons (Fsp3) is 0.571. The summed E-state index contributed by atoms with van der Waals surface area (Å²) >= 11 is 0. The van der Waals surface area contributed by atoms with Gasteiger partial charge >= 0.3 is 110 Å². The topological polar surface area (TPSA) is 49.7 Å². The molecule has 0 heterocycles. The van der Waals surface area contributed by atoms with E-state index in [2.05, 4.69) is 0 Å². The van der Waals surface area contributed by atoms with Crippen LogP contribution in [0.4, 0.5) is 0 Å². The minimum absolute atomic E-state index is 0.464. The average Bonchev–Trinajstić information content (AvgIpc) is 2.14. The molecule has 0 atom stereocenters. The van der Waals surface area contributed by atoms with Gasteiger partial charge in [-0.2, -0.15) is 0 Å². The summed E-state index contributed by atoms with van der Waals surface area (Å²) in [6.07, 6.45) is 0. The van der Waals surface area contributed by atoms with Gasteiger partial charge in [-0.3, -0.25) is 0 Å². The Bertz CT molecular complexity index is 413. The summed E-state index contributed by atoms with van der Waals surface area (Å²) in [6.45, 7) is 10.9. The Hall–Kier alpha value is -0.470. The predicted molar refractivity (Wildman–Crippen MR) is 78.0 cm³/mol. The van der Waals surface area contributed by atoms with Gasteiger partial charge in [0, 0.05) is 0 Å². The predicted octanol–water partition coefficient (Wildman–Crippen LogP) is 3.21. The monoisotopic (exact) mass is 272 g/mol. The third-order valence-electron chi connectivity index (χ3n) is 2.88. The number of benzene rings is 1. The van der Waals surface area contributed by atoms with Gasteiger partial charge in [-0.15, -0.1) is 0 Å². The molecular formula is C14H25O3P. The molecule has 0 unspecified atom stereocenters. The summed E-state index contributed by atoms with van der Waals surface area (Å²) in [5.74, 6) is 0. The van der Waals surface area contributed by atoms with Gasteiger partial charge in [0.25, 0.3) is 0 Å². The van der Waals surface area contributed by atoms with Crippen molar-refractivity contribution in [3.63, 3.8) is 0 Å². The van der Waals surface area contributed by atoms with Crippen molar-refractivity contribution in [1.29, 1.82) is 0 Å². The fourth-order valence-corrected chi connectivity index (χ4v) is 4.69. The quantitative estimate of drug-likeness (QED) is 0.813. The van der Waals surface area contributed by atoms with Gasteiger partial charge in [-0.1, -0.05) is 0 Å². The summed E-state index contributed by atoms with van der Waals surface area (Å²) < 4.78 is 5.80. The Labute approximate surface area is 110 Å². The standard InChI is InChI=1S/C14H25O3P/c1-13(2,3)17-18(15,16,14(4,5)6)12-10-8-7-9-11-12/h7-11,15-16H,1-6H3. The Morgan fingerprint density at radius 1 is 0.889 bits per heavy atom. The van der Waals surface area contributed by atoms with E-state index in [1.54, 1.807) is 45.0 Å². The van der Waals surface area contributed by atoms with E-state index >= 15 is 0 Å². The molecule has 1 rings (SSSR count). The zero-order chi connectivity index (χ0) is 14.3. The molecule has 0 radical (unpaired) electrons. The van der Waals surface area contributed by atoms with Crippen LogP contribution in [0.2, 0.25) is 0 Å². The molecule has 0 amide bonds. The Morgan fingerprint density at radius 3 is 1.67 bits per heavy atom. The molecule has 0 aliphatic carbocycles. The van der Waals surface area contributed by atoms with Gasteiger partial charge < -0.3 is 0 Å². The van der Waals surface area contributed by atoms with Crippen molar-refractivity contribution >= 4 is 12.6 Å². The van der Waals surface area contributed by atoms with E-state index in [1.165, 1.54) is 0 Å². The second-order valence-corrected chi connectivity index (χ2v) is 10.6. The van der Waals surface area contributed by atoms with Gasteiger partial charge in [0.05, 0.1) is 0 Å². The average molecular weight is 272 g/mol. The number of hydrogen-bond acceptors (Lipinski definition) is 3. The van der Waals surface area contributed by atoms with Crippen molar-refractivity contribution in [2.45, 2.75) is 52.3 Å². The summed E-state index contributed by atoms with van der Waals surface area (Å²) in [5.41, 5.74) is -0.634. The molecule has 0 saturated carbocycles. The molecule has 104 valence electrons. The maximum atomic E-state index is 11.1.